The number of benzene rings is 2. The quantitative estimate of drug-likeness (QED) is 0.540. The Morgan fingerprint density at radius 2 is 1.79 bits per heavy atom. The lowest BCUT2D eigenvalue weighted by Gasteiger charge is -2.16. The minimum Gasteiger partial charge on any atom is -0.452 e. The van der Waals surface area contributed by atoms with Gasteiger partial charge in [-0.3, -0.25) is 9.59 Å². The van der Waals surface area contributed by atoms with Crippen LogP contribution < -0.4 is 5.32 Å². The molecule has 2 amide bonds. The summed E-state index contributed by atoms with van der Waals surface area (Å²) < 4.78 is 18.9. The Labute approximate surface area is 167 Å². The summed E-state index contributed by atoms with van der Waals surface area (Å²) in [5.41, 5.74) is 0.826. The van der Waals surface area contributed by atoms with Crippen molar-refractivity contribution in [3.05, 3.63) is 65.5 Å². The van der Waals surface area contributed by atoms with Crippen LogP contribution in [0.1, 0.15) is 15.9 Å². The SMILES string of the molecule is CNC(=O)CN(C)C(=O)COC(=O)c1ccccc1SCc1ccccc1F. The van der Waals surface area contributed by atoms with Crippen LogP contribution in [0.15, 0.2) is 53.4 Å². The van der Waals surface area contributed by atoms with Gasteiger partial charge in [-0.15, -0.1) is 11.8 Å². The molecular formula is C20H21FN2O4S. The van der Waals surface area contributed by atoms with Crippen molar-refractivity contribution in [3.63, 3.8) is 0 Å². The number of nitrogens with one attached hydrogen (secondary N) is 1. The van der Waals surface area contributed by atoms with Crippen molar-refractivity contribution in [2.75, 3.05) is 27.2 Å². The number of esters is 1. The van der Waals surface area contributed by atoms with E-state index >= 15 is 0 Å². The lowest BCUT2D eigenvalue weighted by atomic mass is 10.2. The van der Waals surface area contributed by atoms with E-state index in [-0.39, 0.29) is 18.3 Å². The molecule has 0 unspecified atom stereocenters. The number of carbonyl (C=O) groups is 3. The molecule has 2 aromatic rings. The van der Waals surface area contributed by atoms with Gasteiger partial charge in [0.2, 0.25) is 5.91 Å². The van der Waals surface area contributed by atoms with Crippen LogP contribution >= 0.6 is 11.8 Å². The molecule has 0 saturated carbocycles. The van der Waals surface area contributed by atoms with Crippen molar-refractivity contribution in [1.29, 1.82) is 0 Å². The highest BCUT2D eigenvalue weighted by Crippen LogP contribution is 2.27. The summed E-state index contributed by atoms with van der Waals surface area (Å²) in [7, 11) is 2.92. The van der Waals surface area contributed by atoms with E-state index in [0.29, 0.717) is 21.8 Å². The molecule has 0 bridgehead atoms. The number of rotatable bonds is 8. The number of likely N-dealkylation sites (N-methyl/N-ethyl adjacent to an activating group) is 2. The first kappa shape index (κ1) is 21.4. The third-order valence-corrected chi connectivity index (χ3v) is 4.98. The Balaban J connectivity index is 1.97. The van der Waals surface area contributed by atoms with Crippen LogP contribution in [-0.4, -0.2) is 49.9 Å². The highest BCUT2D eigenvalue weighted by molar-refractivity contribution is 7.98. The van der Waals surface area contributed by atoms with Gasteiger partial charge in [0, 0.05) is 24.7 Å². The normalized spacial score (nSPS) is 10.2. The topological polar surface area (TPSA) is 75.7 Å². The number of hydrogen-bond acceptors (Lipinski definition) is 5. The van der Waals surface area contributed by atoms with E-state index in [1.165, 1.54) is 36.8 Å². The fourth-order valence-electron chi connectivity index (χ4n) is 2.23. The zero-order chi connectivity index (χ0) is 20.5. The lowest BCUT2D eigenvalue weighted by Crippen LogP contribution is -2.39. The lowest BCUT2D eigenvalue weighted by molar-refractivity contribution is -0.137. The molecule has 6 nitrogen and oxygen atoms in total. The van der Waals surface area contributed by atoms with Crippen LogP contribution in [0, 0.1) is 5.82 Å². The number of carbonyl (C=O) groups excluding carboxylic acids is 3. The molecule has 0 aliphatic rings. The van der Waals surface area contributed by atoms with Crippen LogP contribution in [0.2, 0.25) is 0 Å². The molecule has 28 heavy (non-hydrogen) atoms. The Morgan fingerprint density at radius 3 is 2.50 bits per heavy atom. The van der Waals surface area contributed by atoms with Crippen molar-refractivity contribution < 1.29 is 23.5 Å². The van der Waals surface area contributed by atoms with E-state index in [4.69, 9.17) is 4.74 Å². The first-order valence-electron chi connectivity index (χ1n) is 8.49. The Hall–Kier alpha value is -2.87. The molecule has 8 heteroatoms. The van der Waals surface area contributed by atoms with Crippen LogP contribution in [-0.2, 0) is 20.1 Å². The molecule has 0 radical (unpaired) electrons. The van der Waals surface area contributed by atoms with Gasteiger partial charge in [-0.2, -0.15) is 0 Å². The number of halogens is 1. The van der Waals surface area contributed by atoms with E-state index in [0.717, 1.165) is 0 Å². The number of ether oxygens (including phenoxy) is 1. The summed E-state index contributed by atoms with van der Waals surface area (Å²) in [6.45, 7) is -0.597. The molecule has 2 aromatic carbocycles. The maximum absolute atomic E-state index is 13.8. The highest BCUT2D eigenvalue weighted by Gasteiger charge is 2.17. The van der Waals surface area contributed by atoms with E-state index in [1.54, 1.807) is 42.5 Å². The number of nitrogens with zero attached hydrogens (tertiary/aromatic N) is 1. The van der Waals surface area contributed by atoms with Gasteiger partial charge in [0.25, 0.3) is 5.91 Å². The van der Waals surface area contributed by atoms with Crippen molar-refractivity contribution in [3.8, 4) is 0 Å². The van der Waals surface area contributed by atoms with Crippen molar-refractivity contribution in [2.45, 2.75) is 10.6 Å². The maximum atomic E-state index is 13.8. The molecule has 0 fully saturated rings. The minimum atomic E-state index is -0.654. The number of thioether (sulfide) groups is 1. The van der Waals surface area contributed by atoms with E-state index in [1.807, 2.05) is 0 Å². The Morgan fingerprint density at radius 1 is 1.11 bits per heavy atom. The maximum Gasteiger partial charge on any atom is 0.339 e. The summed E-state index contributed by atoms with van der Waals surface area (Å²) >= 11 is 1.31. The molecule has 1 N–H and O–H groups in total. The van der Waals surface area contributed by atoms with Gasteiger partial charge in [0.05, 0.1) is 12.1 Å². The molecule has 0 aliphatic carbocycles. The van der Waals surface area contributed by atoms with Crippen LogP contribution in [0.25, 0.3) is 0 Å². The molecule has 0 atom stereocenters. The fraction of sp³-hybridized carbons (Fsp3) is 0.250. The third-order valence-electron chi connectivity index (χ3n) is 3.86. The zero-order valence-corrected chi connectivity index (χ0v) is 16.4. The van der Waals surface area contributed by atoms with Gasteiger partial charge in [0.1, 0.15) is 5.82 Å². The summed E-state index contributed by atoms with van der Waals surface area (Å²) in [5, 5.41) is 2.41. The largest absolute Gasteiger partial charge is 0.452 e. The predicted octanol–water partition coefficient (Wildman–Crippen LogP) is 2.48. The average Bonchev–Trinajstić information content (AvgIpc) is 2.71. The van der Waals surface area contributed by atoms with Crippen LogP contribution in [0.4, 0.5) is 4.39 Å². The summed E-state index contributed by atoms with van der Waals surface area (Å²) in [6, 6.07) is 13.2. The first-order chi connectivity index (χ1) is 13.4. The second kappa shape index (κ2) is 10.5. The van der Waals surface area contributed by atoms with Crippen LogP contribution in [0.5, 0.6) is 0 Å². The molecular weight excluding hydrogens is 383 g/mol. The zero-order valence-electron chi connectivity index (χ0n) is 15.6. The molecule has 0 saturated heterocycles. The van der Waals surface area contributed by atoms with Crippen LogP contribution in [0.3, 0.4) is 0 Å². The molecule has 0 aromatic heterocycles. The number of amides is 2. The van der Waals surface area contributed by atoms with Gasteiger partial charge in [0.15, 0.2) is 6.61 Å². The van der Waals surface area contributed by atoms with Gasteiger partial charge in [-0.1, -0.05) is 30.3 Å². The summed E-state index contributed by atoms with van der Waals surface area (Å²) in [5.74, 6) is -1.42. The smallest absolute Gasteiger partial charge is 0.339 e. The minimum absolute atomic E-state index is 0.123. The predicted molar refractivity (Wildman–Crippen MR) is 104 cm³/mol. The Kier molecular flexibility index (Phi) is 8.01. The first-order valence-corrected chi connectivity index (χ1v) is 9.47. The second-order valence-corrected chi connectivity index (χ2v) is 6.89. The fourth-order valence-corrected chi connectivity index (χ4v) is 3.26. The molecule has 0 spiro atoms. The monoisotopic (exact) mass is 404 g/mol. The van der Waals surface area contributed by atoms with E-state index < -0.39 is 18.5 Å². The molecule has 2 rings (SSSR count). The molecule has 148 valence electrons. The molecule has 0 heterocycles. The van der Waals surface area contributed by atoms with Crippen molar-refractivity contribution in [1.82, 2.24) is 10.2 Å². The van der Waals surface area contributed by atoms with Gasteiger partial charge >= 0.3 is 5.97 Å². The molecule has 0 aliphatic heterocycles. The summed E-state index contributed by atoms with van der Waals surface area (Å²) in [4.78, 5) is 37.5. The third kappa shape index (κ3) is 6.09. The van der Waals surface area contributed by atoms with Gasteiger partial charge in [-0.05, 0) is 23.8 Å². The highest BCUT2D eigenvalue weighted by atomic mass is 32.2. The Bertz CT molecular complexity index is 860. The van der Waals surface area contributed by atoms with Crippen molar-refractivity contribution >= 4 is 29.5 Å². The standard InChI is InChI=1S/C20H21FN2O4S/c1-22-18(24)11-23(2)19(25)12-27-20(26)15-8-4-6-10-17(15)28-13-14-7-3-5-9-16(14)21/h3-10H,11-13H2,1-2H3,(H,22,24). The van der Waals surface area contributed by atoms with E-state index in [9.17, 15) is 18.8 Å². The van der Waals surface area contributed by atoms with Crippen molar-refractivity contribution in [2.24, 2.45) is 0 Å². The summed E-state index contributed by atoms with van der Waals surface area (Å²) in [6.07, 6.45) is 0. The number of hydrogen-bond donors (Lipinski definition) is 1. The average molecular weight is 404 g/mol. The van der Waals surface area contributed by atoms with Gasteiger partial charge < -0.3 is 15.0 Å². The second-order valence-electron chi connectivity index (χ2n) is 5.88. The van der Waals surface area contributed by atoms with Gasteiger partial charge in [-0.25, -0.2) is 9.18 Å². The van der Waals surface area contributed by atoms with E-state index in [2.05, 4.69) is 5.32 Å².